The highest BCUT2D eigenvalue weighted by molar-refractivity contribution is 7.00. The van der Waals surface area contributed by atoms with Gasteiger partial charge in [-0.2, -0.15) is 0 Å². The third-order valence-electron chi connectivity index (χ3n) is 20.6. The molecule has 0 unspecified atom stereocenters. The van der Waals surface area contributed by atoms with Crippen LogP contribution in [0.25, 0.3) is 49.7 Å². The Kier molecular flexibility index (Phi) is 16.3. The third-order valence-corrected chi connectivity index (χ3v) is 20.6. The second kappa shape index (κ2) is 23.2. The molecule has 2 aliphatic heterocycles. The fourth-order valence-electron chi connectivity index (χ4n) is 15.0. The van der Waals surface area contributed by atoms with Crippen LogP contribution in [0, 0.1) is 0 Å². The van der Waals surface area contributed by atoms with Gasteiger partial charge in [0.25, 0.3) is 6.71 Å². The highest BCUT2D eigenvalue weighted by Crippen LogP contribution is 2.50. The van der Waals surface area contributed by atoms with Crippen LogP contribution in [-0.2, 0) is 21.7 Å². The van der Waals surface area contributed by atoms with Crippen LogP contribution in [0.4, 0.5) is 34.1 Å². The summed E-state index contributed by atoms with van der Waals surface area (Å²) in [6.07, 6.45) is 0. The molecule has 12 rings (SSSR count). The molecule has 10 aromatic rings. The van der Waals surface area contributed by atoms with Crippen molar-refractivity contribution in [1.82, 2.24) is 4.57 Å². The topological polar surface area (TPSA) is 11.4 Å². The zero-order valence-corrected chi connectivity index (χ0v) is 60.4. The number of fused-ring (bicyclic) bond motifs is 7. The van der Waals surface area contributed by atoms with Crippen LogP contribution in [0.15, 0.2) is 158 Å². The minimum absolute atomic E-state index is 0.00755. The van der Waals surface area contributed by atoms with Gasteiger partial charge in [-0.1, -0.05) is 251 Å². The van der Waals surface area contributed by atoms with Gasteiger partial charge in [-0.3, -0.25) is 0 Å². The lowest BCUT2D eigenvalue weighted by Gasteiger charge is -2.45. The fourth-order valence-corrected chi connectivity index (χ4v) is 15.0. The standard InChI is InChI=1S/C88H104BN3/c1-51(2)59-43-68(53(5)6)82(69(44-59)54(7)8)57-25-37-76-72(41-57)73-42-58(83-70(55(9)10)45-60(52(3)4)46-71(83)56(11)12)26-38-77(73)92(76)67-49-80-84-81(50-67)91(66-35-29-62(30-36-66)86(16,17)18)79-40-32-64(88(22,23)24)48-75(79)89(84)74-47-63(87(19,20)21)31-39-78(74)90(80)65-33-27-61(28-34-65)85(13,14)15/h25-56H,1-24H3. The van der Waals surface area contributed by atoms with E-state index in [-0.39, 0.29) is 28.4 Å². The van der Waals surface area contributed by atoms with Crippen LogP contribution in [0.1, 0.15) is 257 Å². The van der Waals surface area contributed by atoms with Crippen molar-refractivity contribution in [1.29, 1.82) is 0 Å². The summed E-state index contributed by atoms with van der Waals surface area (Å²) < 4.78 is 2.63. The maximum Gasteiger partial charge on any atom is 0.252 e. The quantitative estimate of drug-likeness (QED) is 0.120. The number of nitrogens with zero attached hydrogens (tertiary/aromatic N) is 3. The van der Waals surface area contributed by atoms with Gasteiger partial charge in [0, 0.05) is 44.9 Å². The SMILES string of the molecule is CC(C)c1cc(C(C)C)c(-c2ccc3c(c2)c2cc(-c4c(C(C)C)cc(C(C)C)cc4C(C)C)ccc2n3-c2cc3c4c(c2)N(c2ccc(C(C)(C)C)cc2)c2ccc(C(C)(C)C)cc2B4c2cc(C(C)(C)C)ccc2N3c2ccc(C(C)(C)C)cc2)c(C(C)C)c1. The van der Waals surface area contributed by atoms with E-state index in [1.54, 1.807) is 0 Å². The van der Waals surface area contributed by atoms with Crippen molar-refractivity contribution in [3.8, 4) is 27.9 Å². The number of aromatic nitrogens is 1. The molecule has 0 amide bonds. The molecule has 474 valence electrons. The van der Waals surface area contributed by atoms with Gasteiger partial charge in [0.2, 0.25) is 0 Å². The van der Waals surface area contributed by atoms with E-state index in [1.807, 2.05) is 0 Å². The number of benzene rings is 9. The lowest BCUT2D eigenvalue weighted by molar-refractivity contribution is 0.590. The van der Waals surface area contributed by atoms with E-state index in [0.29, 0.717) is 35.5 Å². The summed E-state index contributed by atoms with van der Waals surface area (Å²) in [6, 6.07) is 64.1. The Morgan fingerprint density at radius 3 is 0.902 bits per heavy atom. The van der Waals surface area contributed by atoms with Crippen molar-refractivity contribution in [2.24, 2.45) is 0 Å². The van der Waals surface area contributed by atoms with Crippen molar-refractivity contribution in [2.45, 2.75) is 223 Å². The minimum atomic E-state index is -0.0719. The lowest BCUT2D eigenvalue weighted by Crippen LogP contribution is -2.61. The normalized spacial score (nSPS) is 13.7. The average Bonchev–Trinajstić information content (AvgIpc) is 0.841. The largest absolute Gasteiger partial charge is 0.311 e. The number of hydrogen-bond acceptors (Lipinski definition) is 2. The van der Waals surface area contributed by atoms with Crippen molar-refractivity contribution in [3.05, 3.63) is 213 Å². The van der Waals surface area contributed by atoms with Crippen LogP contribution >= 0.6 is 0 Å². The van der Waals surface area contributed by atoms with E-state index < -0.39 is 0 Å². The smallest absolute Gasteiger partial charge is 0.252 e. The Balaban J connectivity index is 1.24. The molecule has 0 bridgehead atoms. The van der Waals surface area contributed by atoms with E-state index in [4.69, 9.17) is 0 Å². The predicted octanol–water partition coefficient (Wildman–Crippen LogP) is 24.1. The van der Waals surface area contributed by atoms with Crippen molar-refractivity contribution in [3.63, 3.8) is 0 Å². The summed E-state index contributed by atoms with van der Waals surface area (Å²) >= 11 is 0. The van der Waals surface area contributed by atoms with Crippen LogP contribution in [0.3, 0.4) is 0 Å². The molecular formula is C88H104BN3. The first kappa shape index (κ1) is 64.5. The van der Waals surface area contributed by atoms with Gasteiger partial charge in [-0.05, 0) is 224 Å². The maximum absolute atomic E-state index is 2.63. The van der Waals surface area contributed by atoms with Crippen LogP contribution < -0.4 is 26.2 Å². The molecule has 3 heterocycles. The monoisotopic (exact) mass is 1210 g/mol. The molecule has 0 saturated heterocycles. The first-order valence-electron chi connectivity index (χ1n) is 34.8. The van der Waals surface area contributed by atoms with Crippen LogP contribution in [-0.4, -0.2) is 11.3 Å². The molecular weight excluding hydrogens is 1110 g/mol. The molecule has 9 aromatic carbocycles. The molecule has 0 aliphatic carbocycles. The molecule has 92 heavy (non-hydrogen) atoms. The minimum Gasteiger partial charge on any atom is -0.311 e. The average molecular weight is 1210 g/mol. The number of hydrogen-bond donors (Lipinski definition) is 0. The Hall–Kier alpha value is -7.56. The van der Waals surface area contributed by atoms with Crippen molar-refractivity contribution < 1.29 is 0 Å². The highest BCUT2D eigenvalue weighted by Gasteiger charge is 2.45. The highest BCUT2D eigenvalue weighted by atomic mass is 15.2. The van der Waals surface area contributed by atoms with Gasteiger partial charge in [0.15, 0.2) is 0 Å². The summed E-state index contributed by atoms with van der Waals surface area (Å²) in [5, 5.41) is 2.53. The Bertz CT molecular complexity index is 4150. The number of anilines is 6. The van der Waals surface area contributed by atoms with Crippen molar-refractivity contribution in [2.75, 3.05) is 9.80 Å². The second-order valence-corrected chi connectivity index (χ2v) is 33.5. The summed E-state index contributed by atoms with van der Waals surface area (Å²) in [7, 11) is 0. The van der Waals surface area contributed by atoms with E-state index in [0.717, 1.165) is 17.1 Å². The van der Waals surface area contributed by atoms with E-state index in [1.165, 1.54) is 139 Å². The van der Waals surface area contributed by atoms with Gasteiger partial charge >= 0.3 is 0 Å². The molecule has 0 N–H and O–H groups in total. The molecule has 2 aliphatic rings. The molecule has 0 spiro atoms. The van der Waals surface area contributed by atoms with Crippen LogP contribution in [0.5, 0.6) is 0 Å². The predicted molar refractivity (Wildman–Crippen MR) is 405 cm³/mol. The molecule has 1 aromatic heterocycles. The zero-order chi connectivity index (χ0) is 66.3. The van der Waals surface area contributed by atoms with E-state index in [2.05, 4.69) is 338 Å². The van der Waals surface area contributed by atoms with Crippen LogP contribution in [0.2, 0.25) is 0 Å². The Morgan fingerprint density at radius 2 is 0.609 bits per heavy atom. The first-order valence-corrected chi connectivity index (χ1v) is 34.8. The molecule has 0 atom stereocenters. The van der Waals surface area contributed by atoms with Gasteiger partial charge in [0.1, 0.15) is 0 Å². The molecule has 0 radical (unpaired) electrons. The van der Waals surface area contributed by atoms with Gasteiger partial charge in [0.05, 0.1) is 16.7 Å². The summed E-state index contributed by atoms with van der Waals surface area (Å²) in [5.74, 6) is 2.22. The summed E-state index contributed by atoms with van der Waals surface area (Å²) in [6.45, 7) is 56.5. The van der Waals surface area contributed by atoms with Gasteiger partial charge in [-0.25, -0.2) is 0 Å². The molecule has 0 saturated carbocycles. The number of rotatable bonds is 11. The lowest BCUT2D eigenvalue weighted by atomic mass is 9.33. The molecule has 4 heteroatoms. The summed E-state index contributed by atoms with van der Waals surface area (Å²) in [5.41, 5.74) is 33.8. The fraction of sp³-hybridized carbons (Fsp3) is 0.386. The Morgan fingerprint density at radius 1 is 0.293 bits per heavy atom. The van der Waals surface area contributed by atoms with Gasteiger partial charge in [-0.15, -0.1) is 0 Å². The maximum atomic E-state index is 2.63. The molecule has 3 nitrogen and oxygen atoms in total. The van der Waals surface area contributed by atoms with E-state index in [9.17, 15) is 0 Å². The first-order chi connectivity index (χ1) is 43.1. The third kappa shape index (κ3) is 11.3. The summed E-state index contributed by atoms with van der Waals surface area (Å²) in [4.78, 5) is 5.25. The molecule has 0 fully saturated rings. The second-order valence-electron chi connectivity index (χ2n) is 33.5. The van der Waals surface area contributed by atoms with E-state index >= 15 is 0 Å². The van der Waals surface area contributed by atoms with Crippen molar-refractivity contribution >= 4 is 79.0 Å². The Labute approximate surface area is 554 Å². The van der Waals surface area contributed by atoms with Gasteiger partial charge < -0.3 is 14.4 Å². The zero-order valence-electron chi connectivity index (χ0n) is 60.4.